The Morgan fingerprint density at radius 3 is 2.18 bits per heavy atom. The van der Waals surface area contributed by atoms with Crippen LogP contribution in [-0.2, 0) is 16.2 Å². The number of ether oxygens (including phenoxy) is 1. The van der Waals surface area contributed by atoms with Gasteiger partial charge in [-0.3, -0.25) is 0 Å². The van der Waals surface area contributed by atoms with Crippen molar-refractivity contribution >= 4 is 15.8 Å². The molecule has 2 heterocycles. The van der Waals surface area contributed by atoms with Gasteiger partial charge in [0, 0.05) is 32.4 Å². The van der Waals surface area contributed by atoms with Gasteiger partial charge in [0.2, 0.25) is 10.0 Å². The van der Waals surface area contributed by atoms with E-state index in [1.807, 2.05) is 6.92 Å². The van der Waals surface area contributed by atoms with Crippen molar-refractivity contribution < 1.29 is 26.3 Å². The molecule has 1 saturated heterocycles. The topological polar surface area (TPSA) is 62.7 Å². The summed E-state index contributed by atoms with van der Waals surface area (Å²) in [6.45, 7) is 3.46. The molecular formula is C18H20F3N3O3S. The third-order valence-electron chi connectivity index (χ3n) is 4.41. The summed E-state index contributed by atoms with van der Waals surface area (Å²) in [5, 5.41) is 0. The molecule has 1 aliphatic rings. The lowest BCUT2D eigenvalue weighted by atomic mass is 10.2. The third kappa shape index (κ3) is 4.39. The Morgan fingerprint density at radius 2 is 1.68 bits per heavy atom. The molecule has 0 radical (unpaired) electrons. The summed E-state index contributed by atoms with van der Waals surface area (Å²) in [5.74, 6) is 0.991. The number of nitrogens with zero attached hydrogens (tertiary/aromatic N) is 3. The van der Waals surface area contributed by atoms with Crippen LogP contribution in [0.25, 0.3) is 0 Å². The molecule has 0 bridgehead atoms. The van der Waals surface area contributed by atoms with Crippen LogP contribution in [0.15, 0.2) is 47.5 Å². The second-order valence-corrected chi connectivity index (χ2v) is 8.14. The lowest BCUT2D eigenvalue weighted by molar-refractivity contribution is -0.137. The molecular weight excluding hydrogens is 395 g/mol. The average Bonchev–Trinajstić information content (AvgIpc) is 2.68. The maximum absolute atomic E-state index is 12.8. The highest BCUT2D eigenvalue weighted by Gasteiger charge is 2.32. The van der Waals surface area contributed by atoms with Gasteiger partial charge in [0.15, 0.2) is 0 Å². The maximum atomic E-state index is 12.8. The summed E-state index contributed by atoms with van der Waals surface area (Å²) in [6.07, 6.45) is -3.64. The molecule has 2 aromatic rings. The monoisotopic (exact) mass is 415 g/mol. The maximum Gasteiger partial charge on any atom is 0.417 e. The van der Waals surface area contributed by atoms with Crippen LogP contribution in [0.2, 0.25) is 0 Å². The van der Waals surface area contributed by atoms with E-state index in [0.29, 0.717) is 31.3 Å². The van der Waals surface area contributed by atoms with Crippen molar-refractivity contribution in [2.24, 2.45) is 0 Å². The molecule has 0 spiro atoms. The van der Waals surface area contributed by atoms with Crippen LogP contribution in [0.4, 0.5) is 19.0 Å². The number of benzene rings is 1. The van der Waals surface area contributed by atoms with Gasteiger partial charge in [-0.1, -0.05) is 0 Å². The van der Waals surface area contributed by atoms with E-state index < -0.39 is 21.8 Å². The smallest absolute Gasteiger partial charge is 0.417 e. The first kappa shape index (κ1) is 20.4. The molecule has 0 saturated carbocycles. The Hall–Kier alpha value is -2.33. The lowest BCUT2D eigenvalue weighted by Crippen LogP contribution is -2.48. The van der Waals surface area contributed by atoms with Crippen LogP contribution in [-0.4, -0.2) is 50.5 Å². The fraction of sp³-hybridized carbons (Fsp3) is 0.389. The minimum absolute atomic E-state index is 0.178. The average molecular weight is 415 g/mol. The van der Waals surface area contributed by atoms with E-state index in [4.69, 9.17) is 4.74 Å². The molecule has 10 heteroatoms. The normalized spacial score (nSPS) is 16.2. The van der Waals surface area contributed by atoms with Crippen molar-refractivity contribution in [3.63, 3.8) is 0 Å². The van der Waals surface area contributed by atoms with Gasteiger partial charge in [-0.05, 0) is 43.3 Å². The number of hydrogen-bond acceptors (Lipinski definition) is 5. The molecule has 152 valence electrons. The van der Waals surface area contributed by atoms with Crippen molar-refractivity contribution in [1.82, 2.24) is 9.29 Å². The zero-order valence-corrected chi connectivity index (χ0v) is 16.0. The fourth-order valence-electron chi connectivity index (χ4n) is 2.92. The van der Waals surface area contributed by atoms with E-state index in [1.165, 1.54) is 22.5 Å². The van der Waals surface area contributed by atoms with Crippen LogP contribution >= 0.6 is 0 Å². The molecule has 0 atom stereocenters. The van der Waals surface area contributed by atoms with Crippen LogP contribution in [0, 0.1) is 0 Å². The van der Waals surface area contributed by atoms with Gasteiger partial charge in [0.25, 0.3) is 0 Å². The quantitative estimate of drug-likeness (QED) is 0.751. The van der Waals surface area contributed by atoms with Gasteiger partial charge in [-0.15, -0.1) is 0 Å². The first-order valence-corrected chi connectivity index (χ1v) is 10.2. The van der Waals surface area contributed by atoms with Crippen molar-refractivity contribution in [3.8, 4) is 5.75 Å². The summed E-state index contributed by atoms with van der Waals surface area (Å²) in [4.78, 5) is 5.81. The first-order chi connectivity index (χ1) is 13.2. The minimum Gasteiger partial charge on any atom is -0.494 e. The van der Waals surface area contributed by atoms with Gasteiger partial charge < -0.3 is 9.64 Å². The van der Waals surface area contributed by atoms with Crippen molar-refractivity contribution in [1.29, 1.82) is 0 Å². The predicted molar refractivity (Wildman–Crippen MR) is 97.8 cm³/mol. The summed E-state index contributed by atoms with van der Waals surface area (Å²) in [5.41, 5.74) is -0.812. The summed E-state index contributed by atoms with van der Waals surface area (Å²) >= 11 is 0. The summed E-state index contributed by atoms with van der Waals surface area (Å²) in [6, 6.07) is 8.51. The Morgan fingerprint density at radius 1 is 1.04 bits per heavy atom. The van der Waals surface area contributed by atoms with E-state index >= 15 is 0 Å². The largest absolute Gasteiger partial charge is 0.494 e. The predicted octanol–water partition coefficient (Wildman–Crippen LogP) is 3.01. The Bertz CT molecular complexity index is 892. The zero-order chi connectivity index (χ0) is 20.4. The molecule has 3 rings (SSSR count). The zero-order valence-electron chi connectivity index (χ0n) is 15.2. The summed E-state index contributed by atoms with van der Waals surface area (Å²) < 4.78 is 70.2. The van der Waals surface area contributed by atoms with E-state index in [1.54, 1.807) is 17.0 Å². The Kier molecular flexibility index (Phi) is 5.80. The highest BCUT2D eigenvalue weighted by molar-refractivity contribution is 7.89. The SMILES string of the molecule is CCOc1ccc(S(=O)(=O)N2CCN(c3ccc(C(F)(F)F)cn3)CC2)cc1. The first-order valence-electron chi connectivity index (χ1n) is 8.73. The number of piperazine rings is 1. The van der Waals surface area contributed by atoms with Crippen LogP contribution in [0.1, 0.15) is 12.5 Å². The molecule has 1 aliphatic heterocycles. The van der Waals surface area contributed by atoms with E-state index in [0.717, 1.165) is 12.3 Å². The molecule has 28 heavy (non-hydrogen) atoms. The highest BCUT2D eigenvalue weighted by Crippen LogP contribution is 2.29. The molecule has 0 N–H and O–H groups in total. The molecule has 1 aromatic heterocycles. The van der Waals surface area contributed by atoms with Crippen molar-refractivity contribution in [3.05, 3.63) is 48.2 Å². The molecule has 0 unspecified atom stereocenters. The number of alkyl halides is 3. The van der Waals surface area contributed by atoms with Gasteiger partial charge in [-0.25, -0.2) is 13.4 Å². The number of rotatable bonds is 5. The van der Waals surface area contributed by atoms with Crippen LogP contribution in [0.5, 0.6) is 5.75 Å². The van der Waals surface area contributed by atoms with Crippen LogP contribution in [0.3, 0.4) is 0 Å². The van der Waals surface area contributed by atoms with E-state index in [2.05, 4.69) is 4.98 Å². The third-order valence-corrected chi connectivity index (χ3v) is 6.32. The van der Waals surface area contributed by atoms with Gasteiger partial charge >= 0.3 is 6.18 Å². The molecule has 1 aromatic carbocycles. The standard InChI is InChI=1S/C18H20F3N3O3S/c1-2-27-15-4-6-16(7-5-15)28(25,26)24-11-9-23(10-12-24)17-8-3-14(13-22-17)18(19,20)21/h3-8,13H,2,9-12H2,1H3. The number of anilines is 1. The van der Waals surface area contributed by atoms with E-state index in [9.17, 15) is 21.6 Å². The number of pyridine rings is 1. The van der Waals surface area contributed by atoms with Crippen molar-refractivity contribution in [2.75, 3.05) is 37.7 Å². The number of sulfonamides is 1. The Balaban J connectivity index is 1.65. The van der Waals surface area contributed by atoms with Gasteiger partial charge in [-0.2, -0.15) is 17.5 Å². The number of halogens is 3. The number of hydrogen-bond donors (Lipinski definition) is 0. The van der Waals surface area contributed by atoms with E-state index in [-0.39, 0.29) is 18.0 Å². The highest BCUT2D eigenvalue weighted by atomic mass is 32.2. The second kappa shape index (κ2) is 7.96. The van der Waals surface area contributed by atoms with Crippen molar-refractivity contribution in [2.45, 2.75) is 18.0 Å². The van der Waals surface area contributed by atoms with Gasteiger partial charge in [0.05, 0.1) is 17.1 Å². The summed E-state index contributed by atoms with van der Waals surface area (Å²) in [7, 11) is -3.64. The minimum atomic E-state index is -4.43. The Labute approximate surface area is 161 Å². The van der Waals surface area contributed by atoms with Gasteiger partial charge in [0.1, 0.15) is 11.6 Å². The number of aromatic nitrogens is 1. The molecule has 1 fully saturated rings. The molecule has 0 amide bonds. The fourth-order valence-corrected chi connectivity index (χ4v) is 4.34. The molecule has 6 nitrogen and oxygen atoms in total. The second-order valence-electron chi connectivity index (χ2n) is 6.20. The lowest BCUT2D eigenvalue weighted by Gasteiger charge is -2.34. The molecule has 0 aliphatic carbocycles. The van der Waals surface area contributed by atoms with Crippen LogP contribution < -0.4 is 9.64 Å².